The Morgan fingerprint density at radius 1 is 0.656 bits per heavy atom. The highest BCUT2D eigenvalue weighted by atomic mass is 35.5. The van der Waals surface area contributed by atoms with Crippen LogP contribution in [0.4, 0.5) is 0 Å². The van der Waals surface area contributed by atoms with Gasteiger partial charge in [-0.25, -0.2) is 0 Å². The van der Waals surface area contributed by atoms with Crippen LogP contribution < -0.4 is 0 Å². The number of ether oxygens (including phenoxy) is 4. The maximum Gasteiger partial charge on any atom is 0.157 e. The van der Waals surface area contributed by atoms with Crippen molar-refractivity contribution in [2.75, 3.05) is 6.61 Å². The van der Waals surface area contributed by atoms with Crippen LogP contribution in [-0.2, 0) is 38.8 Å². The van der Waals surface area contributed by atoms with Crippen LogP contribution in [0.15, 0.2) is 91.0 Å². The molecule has 1 saturated heterocycles. The normalized spacial score (nSPS) is 23.2. The average Bonchev–Trinajstić information content (AvgIpc) is 2.85. The van der Waals surface area contributed by atoms with Crippen molar-refractivity contribution >= 4 is 11.6 Å². The zero-order valence-corrected chi connectivity index (χ0v) is 18.8. The molecule has 0 saturated carbocycles. The largest absolute Gasteiger partial charge is 0.374 e. The molecule has 1 aliphatic rings. The van der Waals surface area contributed by atoms with Crippen LogP contribution in [0.2, 0.25) is 0 Å². The van der Waals surface area contributed by atoms with Crippen molar-refractivity contribution < 1.29 is 18.9 Å². The monoisotopic (exact) mass is 452 g/mol. The molecule has 4 atom stereocenters. The molecule has 0 aliphatic carbocycles. The summed E-state index contributed by atoms with van der Waals surface area (Å²) in [6.45, 7) is 1.91. The van der Waals surface area contributed by atoms with Crippen molar-refractivity contribution in [3.05, 3.63) is 108 Å². The molecule has 168 valence electrons. The van der Waals surface area contributed by atoms with E-state index in [1.54, 1.807) is 0 Å². The number of rotatable bonds is 10. The van der Waals surface area contributed by atoms with Gasteiger partial charge in [-0.2, -0.15) is 0 Å². The van der Waals surface area contributed by atoms with Gasteiger partial charge in [0.25, 0.3) is 0 Å². The summed E-state index contributed by atoms with van der Waals surface area (Å²) >= 11 is 6.56. The number of benzene rings is 3. The first-order valence-corrected chi connectivity index (χ1v) is 11.4. The summed E-state index contributed by atoms with van der Waals surface area (Å²) in [7, 11) is 0. The fourth-order valence-corrected chi connectivity index (χ4v) is 4.03. The van der Waals surface area contributed by atoms with Crippen molar-refractivity contribution in [1.82, 2.24) is 0 Å². The Labute approximate surface area is 195 Å². The highest BCUT2D eigenvalue weighted by Crippen LogP contribution is 2.29. The Balaban J connectivity index is 1.36. The highest BCUT2D eigenvalue weighted by molar-refractivity contribution is 6.20. The first-order chi connectivity index (χ1) is 15.8. The summed E-state index contributed by atoms with van der Waals surface area (Å²) in [5, 5.41) is 0. The lowest BCUT2D eigenvalue weighted by Gasteiger charge is -2.38. The van der Waals surface area contributed by atoms with Gasteiger partial charge in [-0.1, -0.05) is 103 Å². The van der Waals surface area contributed by atoms with Crippen molar-refractivity contribution in [2.45, 2.75) is 50.1 Å². The first kappa shape index (κ1) is 23.0. The minimum absolute atomic E-state index is 0.179. The van der Waals surface area contributed by atoms with E-state index in [2.05, 4.69) is 12.1 Å². The highest BCUT2D eigenvalue weighted by Gasteiger charge is 2.38. The van der Waals surface area contributed by atoms with Gasteiger partial charge in [-0.05, 0) is 16.7 Å². The van der Waals surface area contributed by atoms with E-state index in [9.17, 15) is 0 Å². The van der Waals surface area contributed by atoms with Crippen LogP contribution in [0.3, 0.4) is 0 Å². The molecule has 0 spiro atoms. The van der Waals surface area contributed by atoms with Gasteiger partial charge in [0.1, 0.15) is 12.2 Å². The molecule has 32 heavy (non-hydrogen) atoms. The van der Waals surface area contributed by atoms with Crippen LogP contribution in [-0.4, -0.2) is 30.5 Å². The third-order valence-electron chi connectivity index (χ3n) is 5.48. The maximum atomic E-state index is 6.56. The Hall–Kier alpha value is -2.21. The predicted octanol–water partition coefficient (Wildman–Crippen LogP) is 5.73. The van der Waals surface area contributed by atoms with E-state index in [-0.39, 0.29) is 18.3 Å². The van der Waals surface area contributed by atoms with E-state index >= 15 is 0 Å². The zero-order valence-electron chi connectivity index (χ0n) is 18.0. The molecule has 0 bridgehead atoms. The topological polar surface area (TPSA) is 36.9 Å². The van der Waals surface area contributed by atoms with Gasteiger partial charge in [0.05, 0.1) is 32.5 Å². The van der Waals surface area contributed by atoms with Crippen molar-refractivity contribution in [2.24, 2.45) is 0 Å². The molecule has 0 amide bonds. The number of hydrogen-bond acceptors (Lipinski definition) is 4. The number of halogens is 1. The first-order valence-electron chi connectivity index (χ1n) is 11.0. The molecule has 0 aromatic heterocycles. The Morgan fingerprint density at radius 3 is 1.66 bits per heavy atom. The Morgan fingerprint density at radius 2 is 1.12 bits per heavy atom. The van der Waals surface area contributed by atoms with Gasteiger partial charge in [0.15, 0.2) is 5.56 Å². The molecule has 0 radical (unpaired) electrons. The molecule has 4 nitrogen and oxygen atoms in total. The summed E-state index contributed by atoms with van der Waals surface area (Å²) < 4.78 is 24.4. The van der Waals surface area contributed by atoms with Gasteiger partial charge in [-0.15, -0.1) is 0 Å². The van der Waals surface area contributed by atoms with Gasteiger partial charge in [0.2, 0.25) is 0 Å². The van der Waals surface area contributed by atoms with E-state index in [4.69, 9.17) is 30.5 Å². The zero-order chi connectivity index (χ0) is 22.0. The lowest BCUT2D eigenvalue weighted by Crippen LogP contribution is -2.49. The third-order valence-corrected chi connectivity index (χ3v) is 5.87. The van der Waals surface area contributed by atoms with Crippen molar-refractivity contribution in [3.63, 3.8) is 0 Å². The summed E-state index contributed by atoms with van der Waals surface area (Å²) in [6.07, 6.45) is -0.0565. The van der Waals surface area contributed by atoms with Crippen LogP contribution in [0, 0.1) is 0 Å². The minimum atomic E-state index is -0.555. The Kier molecular flexibility index (Phi) is 8.71. The molecular formula is C27H29ClO4. The minimum Gasteiger partial charge on any atom is -0.374 e. The van der Waals surface area contributed by atoms with E-state index in [1.165, 1.54) is 0 Å². The van der Waals surface area contributed by atoms with Crippen LogP contribution in [0.25, 0.3) is 0 Å². The van der Waals surface area contributed by atoms with Crippen LogP contribution >= 0.6 is 11.6 Å². The summed E-state index contributed by atoms with van der Waals surface area (Å²) in [5.74, 6) is 0. The summed E-state index contributed by atoms with van der Waals surface area (Å²) in [5.41, 5.74) is 2.79. The molecule has 1 heterocycles. The third kappa shape index (κ3) is 6.89. The lowest BCUT2D eigenvalue weighted by atomic mass is 10.0. The van der Waals surface area contributed by atoms with Gasteiger partial charge in [0, 0.05) is 6.42 Å². The van der Waals surface area contributed by atoms with E-state index in [1.807, 2.05) is 78.9 Å². The molecule has 3 aromatic carbocycles. The predicted molar refractivity (Wildman–Crippen MR) is 125 cm³/mol. The molecule has 1 fully saturated rings. The van der Waals surface area contributed by atoms with Crippen LogP contribution in [0.1, 0.15) is 23.1 Å². The molecular weight excluding hydrogens is 424 g/mol. The standard InChI is InChI=1S/C27H29ClO4/c28-27-25(31-19-23-14-8-3-9-15-23)16-24(30-18-22-12-6-2-7-13-22)26(32-27)20-29-17-21-10-4-1-5-11-21/h1-15,24-27H,16-20H2/t24-,25+,26+,27-/m0/s1. The summed E-state index contributed by atoms with van der Waals surface area (Å²) in [4.78, 5) is 0. The number of hydrogen-bond donors (Lipinski definition) is 0. The second-order valence-corrected chi connectivity index (χ2v) is 8.36. The Bertz CT molecular complexity index is 907. The fraction of sp³-hybridized carbons (Fsp3) is 0.333. The van der Waals surface area contributed by atoms with Crippen molar-refractivity contribution in [1.29, 1.82) is 0 Å². The van der Waals surface area contributed by atoms with E-state index in [0.29, 0.717) is 32.8 Å². The van der Waals surface area contributed by atoms with Gasteiger partial charge < -0.3 is 18.9 Å². The molecule has 3 aromatic rings. The molecule has 4 rings (SSSR count). The lowest BCUT2D eigenvalue weighted by molar-refractivity contribution is -0.193. The second-order valence-electron chi connectivity index (χ2n) is 7.93. The number of alkyl halides is 1. The SMILES string of the molecule is Cl[C@H]1O[C@H](COCc2ccccc2)[C@@H](OCc2ccccc2)C[C@H]1OCc1ccccc1. The molecule has 0 unspecified atom stereocenters. The van der Waals surface area contributed by atoms with Gasteiger partial charge >= 0.3 is 0 Å². The molecule has 1 aliphatic heterocycles. The van der Waals surface area contributed by atoms with Crippen molar-refractivity contribution in [3.8, 4) is 0 Å². The average molecular weight is 453 g/mol. The van der Waals surface area contributed by atoms with Crippen LogP contribution in [0.5, 0.6) is 0 Å². The smallest absolute Gasteiger partial charge is 0.157 e. The van der Waals surface area contributed by atoms with E-state index < -0.39 is 5.56 Å². The molecule has 0 N–H and O–H groups in total. The molecule has 5 heteroatoms. The van der Waals surface area contributed by atoms with Gasteiger partial charge in [-0.3, -0.25) is 0 Å². The quantitative estimate of drug-likeness (QED) is 0.368. The van der Waals surface area contributed by atoms with E-state index in [0.717, 1.165) is 16.7 Å². The summed E-state index contributed by atoms with van der Waals surface area (Å²) in [6, 6.07) is 30.3. The fourth-order valence-electron chi connectivity index (χ4n) is 3.72. The second kappa shape index (κ2) is 12.1. The maximum absolute atomic E-state index is 6.56.